The maximum absolute atomic E-state index is 15.9. The molecule has 2 atom stereocenters. The molecule has 39 heavy (non-hydrogen) atoms. The molecule has 2 aliphatic rings. The largest absolute Gasteiger partial charge is 0.369 e. The van der Waals surface area contributed by atoms with E-state index in [1.165, 1.54) is 30.3 Å². The van der Waals surface area contributed by atoms with Crippen LogP contribution in [-0.2, 0) is 0 Å². The fourth-order valence-electron chi connectivity index (χ4n) is 5.66. The third-order valence-corrected chi connectivity index (χ3v) is 8.12. The summed E-state index contributed by atoms with van der Waals surface area (Å²) in [7, 11) is 0. The fourth-order valence-corrected chi connectivity index (χ4v) is 6.03. The molecular weight excluding hydrogens is 553 g/mol. The van der Waals surface area contributed by atoms with Gasteiger partial charge in [-0.1, -0.05) is 35.3 Å². The lowest BCUT2D eigenvalue weighted by molar-refractivity contribution is -0.384. The van der Waals surface area contributed by atoms with Gasteiger partial charge in [-0.15, -0.1) is 0 Å². The minimum Gasteiger partial charge on any atom is -0.369 e. The minimum absolute atomic E-state index is 0.0315. The smallest absolute Gasteiger partial charge is 0.288 e. The minimum atomic E-state index is -0.652. The number of piperidine rings is 1. The highest BCUT2D eigenvalue weighted by atomic mass is 35.5. The average molecular weight is 577 g/mol. The van der Waals surface area contributed by atoms with Crippen molar-refractivity contribution in [3.05, 3.63) is 102 Å². The van der Waals surface area contributed by atoms with Gasteiger partial charge >= 0.3 is 0 Å². The number of nitro benzene ring substituents is 2. The van der Waals surface area contributed by atoms with Crippen molar-refractivity contribution in [1.29, 1.82) is 0 Å². The molecule has 0 bridgehead atoms. The van der Waals surface area contributed by atoms with Crippen LogP contribution in [-0.4, -0.2) is 22.9 Å². The summed E-state index contributed by atoms with van der Waals surface area (Å²) in [6, 6.07) is 9.90. The van der Waals surface area contributed by atoms with Gasteiger partial charge in [0, 0.05) is 37.4 Å². The molecule has 204 valence electrons. The predicted octanol–water partition coefficient (Wildman–Crippen LogP) is 8.16. The molecule has 8 nitrogen and oxygen atoms in total. The first-order valence-electron chi connectivity index (χ1n) is 12.6. The number of benzene rings is 3. The number of rotatable bonds is 6. The third-order valence-electron chi connectivity index (χ3n) is 7.48. The number of halogens is 4. The second-order valence-electron chi connectivity index (χ2n) is 9.75. The van der Waals surface area contributed by atoms with Crippen LogP contribution in [0.2, 0.25) is 10.0 Å². The molecule has 0 aromatic heterocycles. The average Bonchev–Trinajstić information content (AvgIpc) is 3.35. The Morgan fingerprint density at radius 1 is 0.718 bits per heavy atom. The van der Waals surface area contributed by atoms with Crippen molar-refractivity contribution in [2.75, 3.05) is 22.9 Å². The van der Waals surface area contributed by atoms with Crippen LogP contribution in [0.25, 0.3) is 0 Å². The Morgan fingerprint density at radius 3 is 1.67 bits per heavy atom. The SMILES string of the molecule is O=[N+]([O-])c1cc(C2CCC(c3ccc(Cl)c([N+](=O)[O-])c3)N2c2cc(F)c(N3CCCCC3)cc2F)ccc1Cl. The van der Waals surface area contributed by atoms with E-state index in [9.17, 15) is 20.2 Å². The molecule has 2 fully saturated rings. The van der Waals surface area contributed by atoms with Crippen molar-refractivity contribution in [2.24, 2.45) is 0 Å². The lowest BCUT2D eigenvalue weighted by Crippen LogP contribution is -2.31. The zero-order valence-corrected chi connectivity index (χ0v) is 22.2. The third kappa shape index (κ3) is 5.23. The lowest BCUT2D eigenvalue weighted by Gasteiger charge is -2.35. The van der Waals surface area contributed by atoms with Gasteiger partial charge in [-0.3, -0.25) is 20.2 Å². The number of nitrogens with zero attached hydrogens (tertiary/aromatic N) is 4. The van der Waals surface area contributed by atoms with Crippen molar-refractivity contribution >= 4 is 46.0 Å². The summed E-state index contributed by atoms with van der Waals surface area (Å²) in [4.78, 5) is 25.4. The molecule has 12 heteroatoms. The maximum Gasteiger partial charge on any atom is 0.288 e. The predicted molar refractivity (Wildman–Crippen MR) is 146 cm³/mol. The summed E-state index contributed by atoms with van der Waals surface area (Å²) >= 11 is 12.1. The normalized spacial score (nSPS) is 19.4. The van der Waals surface area contributed by atoms with Gasteiger partial charge in [0.25, 0.3) is 11.4 Å². The molecule has 0 saturated carbocycles. The van der Waals surface area contributed by atoms with Crippen LogP contribution in [0, 0.1) is 31.9 Å². The molecule has 2 aliphatic heterocycles. The molecule has 0 amide bonds. The molecule has 3 aromatic rings. The van der Waals surface area contributed by atoms with Gasteiger partial charge in [0.15, 0.2) is 0 Å². The first-order chi connectivity index (χ1) is 18.7. The van der Waals surface area contributed by atoms with Crippen LogP contribution >= 0.6 is 23.2 Å². The Balaban J connectivity index is 1.63. The van der Waals surface area contributed by atoms with Gasteiger partial charge < -0.3 is 9.80 Å². The van der Waals surface area contributed by atoms with Gasteiger partial charge in [-0.2, -0.15) is 0 Å². The first-order valence-corrected chi connectivity index (χ1v) is 13.3. The summed E-state index contributed by atoms with van der Waals surface area (Å²) < 4.78 is 31.4. The van der Waals surface area contributed by atoms with E-state index in [-0.39, 0.29) is 32.8 Å². The number of anilines is 2. The van der Waals surface area contributed by atoms with E-state index >= 15 is 8.78 Å². The highest BCUT2D eigenvalue weighted by molar-refractivity contribution is 6.33. The zero-order valence-electron chi connectivity index (χ0n) is 20.7. The number of hydrogen-bond acceptors (Lipinski definition) is 6. The Kier molecular flexibility index (Phi) is 7.59. The van der Waals surface area contributed by atoms with Gasteiger partial charge in [0.1, 0.15) is 21.7 Å². The fraction of sp³-hybridized carbons (Fsp3) is 0.333. The summed E-state index contributed by atoms with van der Waals surface area (Å²) in [6.45, 7) is 1.26. The van der Waals surface area contributed by atoms with Crippen molar-refractivity contribution in [3.63, 3.8) is 0 Å². The molecule has 5 rings (SSSR count). The molecule has 0 spiro atoms. The van der Waals surface area contributed by atoms with Crippen LogP contribution in [0.15, 0.2) is 48.5 Å². The van der Waals surface area contributed by atoms with E-state index in [0.717, 1.165) is 25.3 Å². The number of hydrogen-bond donors (Lipinski definition) is 0. The molecule has 2 saturated heterocycles. The van der Waals surface area contributed by atoms with E-state index in [2.05, 4.69) is 0 Å². The zero-order chi connectivity index (χ0) is 27.8. The molecule has 2 unspecified atom stereocenters. The van der Waals surface area contributed by atoms with Crippen molar-refractivity contribution in [3.8, 4) is 0 Å². The Bertz CT molecular complexity index is 1380. The molecule has 3 aromatic carbocycles. The van der Waals surface area contributed by atoms with Crippen LogP contribution in [0.3, 0.4) is 0 Å². The van der Waals surface area contributed by atoms with Crippen molar-refractivity contribution < 1.29 is 18.6 Å². The van der Waals surface area contributed by atoms with E-state index in [4.69, 9.17) is 23.2 Å². The second-order valence-corrected chi connectivity index (χ2v) is 10.6. The van der Waals surface area contributed by atoms with Crippen LogP contribution in [0.5, 0.6) is 0 Å². The Hall–Kier alpha value is -3.50. The first kappa shape index (κ1) is 27.1. The van der Waals surface area contributed by atoms with E-state index < -0.39 is 33.6 Å². The lowest BCUT2D eigenvalue weighted by atomic mass is 10.0. The quantitative estimate of drug-likeness (QED) is 0.217. The van der Waals surface area contributed by atoms with Crippen LogP contribution in [0.4, 0.5) is 31.5 Å². The molecule has 2 heterocycles. The topological polar surface area (TPSA) is 92.8 Å². The summed E-state index contributed by atoms with van der Waals surface area (Å²) in [5.41, 5.74) is 0.552. The molecule has 0 N–H and O–H groups in total. The van der Waals surface area contributed by atoms with E-state index in [1.54, 1.807) is 17.0 Å². The maximum atomic E-state index is 15.9. The standard InChI is InChI=1S/C27H24Cl2F2N4O4/c28-18-6-4-16(12-24(18)34(36)37)22-8-9-23(17-5-7-19(29)25(13-17)35(38)39)33(22)27-15-20(30)26(14-21(27)31)32-10-2-1-3-11-32/h4-7,12-15,22-23H,1-3,8-11H2. The number of nitro groups is 2. The van der Waals surface area contributed by atoms with Crippen molar-refractivity contribution in [1.82, 2.24) is 0 Å². The van der Waals surface area contributed by atoms with Crippen LogP contribution < -0.4 is 9.80 Å². The van der Waals surface area contributed by atoms with Gasteiger partial charge in [0.05, 0.1) is 33.3 Å². The highest BCUT2D eigenvalue weighted by Gasteiger charge is 2.39. The van der Waals surface area contributed by atoms with Gasteiger partial charge in [-0.25, -0.2) is 8.78 Å². The summed E-state index contributed by atoms with van der Waals surface area (Å²) in [6.07, 6.45) is 3.67. The second kappa shape index (κ2) is 10.9. The van der Waals surface area contributed by atoms with E-state index in [0.29, 0.717) is 37.1 Å². The van der Waals surface area contributed by atoms with Crippen molar-refractivity contribution in [2.45, 2.75) is 44.2 Å². The monoisotopic (exact) mass is 576 g/mol. The van der Waals surface area contributed by atoms with Gasteiger partial charge in [0.2, 0.25) is 0 Å². The molecular formula is C27H24Cl2F2N4O4. The van der Waals surface area contributed by atoms with Gasteiger partial charge in [-0.05, 0) is 55.4 Å². The molecule has 0 radical (unpaired) electrons. The van der Waals surface area contributed by atoms with Crippen LogP contribution in [0.1, 0.15) is 55.3 Å². The summed E-state index contributed by atoms with van der Waals surface area (Å²) in [5.74, 6) is -1.23. The Morgan fingerprint density at radius 2 is 1.18 bits per heavy atom. The van der Waals surface area contributed by atoms with E-state index in [1.807, 2.05) is 4.90 Å². The summed E-state index contributed by atoms with van der Waals surface area (Å²) in [5, 5.41) is 23.0. The Labute approximate surface area is 233 Å². The highest BCUT2D eigenvalue weighted by Crippen LogP contribution is 2.50. The molecule has 0 aliphatic carbocycles.